The van der Waals surface area contributed by atoms with Gasteiger partial charge in [0, 0.05) is 41.0 Å². The van der Waals surface area contributed by atoms with Gasteiger partial charge >= 0.3 is 5.97 Å². The van der Waals surface area contributed by atoms with E-state index in [4.69, 9.17) is 0 Å². The zero-order valence-electron chi connectivity index (χ0n) is 19.0. The third kappa shape index (κ3) is 4.52. The van der Waals surface area contributed by atoms with Crippen LogP contribution in [0.2, 0.25) is 0 Å². The van der Waals surface area contributed by atoms with Crippen molar-refractivity contribution in [2.75, 3.05) is 25.5 Å². The molecule has 0 saturated carbocycles. The molecular weight excluding hydrogens is 431 g/mol. The first-order valence-corrected chi connectivity index (χ1v) is 11.5. The monoisotopic (exact) mass is 458 g/mol. The van der Waals surface area contributed by atoms with E-state index in [1.807, 2.05) is 12.1 Å². The molecule has 1 aliphatic rings. The second kappa shape index (κ2) is 9.27. The van der Waals surface area contributed by atoms with Crippen molar-refractivity contribution in [3.63, 3.8) is 0 Å². The van der Waals surface area contributed by atoms with Gasteiger partial charge in [0.25, 0.3) is 0 Å². The molecule has 2 aromatic heterocycles. The number of pyridine rings is 1. The van der Waals surface area contributed by atoms with Crippen LogP contribution in [-0.2, 0) is 6.54 Å². The summed E-state index contributed by atoms with van der Waals surface area (Å²) in [5, 5.41) is 13.4. The summed E-state index contributed by atoms with van der Waals surface area (Å²) in [6.07, 6.45) is 3.90. The van der Waals surface area contributed by atoms with E-state index in [2.05, 4.69) is 33.3 Å². The number of H-pyrrole nitrogens is 1. The molecule has 5 rings (SSSR count). The fourth-order valence-corrected chi connectivity index (χ4v) is 4.68. The Morgan fingerprint density at radius 3 is 2.76 bits per heavy atom. The molecule has 34 heavy (non-hydrogen) atoms. The number of carboxylic acid groups (broad SMARTS) is 1. The fourth-order valence-electron chi connectivity index (χ4n) is 4.68. The molecule has 0 bridgehead atoms. The van der Waals surface area contributed by atoms with Crippen LogP contribution in [0.15, 0.2) is 60.8 Å². The molecule has 1 saturated heterocycles. The average Bonchev–Trinajstić information content (AvgIpc) is 3.29. The second-order valence-corrected chi connectivity index (χ2v) is 8.98. The zero-order valence-corrected chi connectivity index (χ0v) is 19.0. The molecule has 3 heterocycles. The number of benzene rings is 2. The summed E-state index contributed by atoms with van der Waals surface area (Å²) in [4.78, 5) is 21.5. The molecule has 1 aliphatic heterocycles. The molecule has 6 nitrogen and oxygen atoms in total. The van der Waals surface area contributed by atoms with Crippen molar-refractivity contribution in [3.8, 4) is 11.1 Å². The number of carboxylic acids is 1. The topological polar surface area (TPSA) is 81.2 Å². The van der Waals surface area contributed by atoms with E-state index in [1.165, 1.54) is 6.07 Å². The number of carbonyl (C=O) groups is 1. The number of likely N-dealkylation sites (tertiary alicyclic amines) is 1. The van der Waals surface area contributed by atoms with E-state index in [9.17, 15) is 14.3 Å². The largest absolute Gasteiger partial charge is 0.478 e. The summed E-state index contributed by atoms with van der Waals surface area (Å²) in [7, 11) is 2.15. The lowest BCUT2D eigenvalue weighted by Gasteiger charge is -2.28. The number of hydrogen-bond donors (Lipinski definition) is 3. The zero-order chi connectivity index (χ0) is 23.7. The maximum atomic E-state index is 15.0. The molecule has 174 valence electrons. The van der Waals surface area contributed by atoms with Crippen molar-refractivity contribution in [2.45, 2.75) is 25.3 Å². The smallest absolute Gasteiger partial charge is 0.335 e. The lowest BCUT2D eigenvalue weighted by molar-refractivity contribution is 0.0696. The normalized spacial score (nSPS) is 15.0. The van der Waals surface area contributed by atoms with Crippen LogP contribution in [0.25, 0.3) is 22.2 Å². The van der Waals surface area contributed by atoms with Gasteiger partial charge in [-0.25, -0.2) is 14.2 Å². The van der Waals surface area contributed by atoms with Crippen molar-refractivity contribution in [1.82, 2.24) is 14.9 Å². The molecule has 2 aromatic carbocycles. The van der Waals surface area contributed by atoms with Gasteiger partial charge in [0.2, 0.25) is 0 Å². The van der Waals surface area contributed by atoms with Crippen LogP contribution >= 0.6 is 0 Å². The lowest BCUT2D eigenvalue weighted by atomic mass is 9.93. The molecule has 0 unspecified atom stereocenters. The minimum Gasteiger partial charge on any atom is -0.478 e. The van der Waals surface area contributed by atoms with Crippen LogP contribution in [0.4, 0.5) is 10.1 Å². The molecule has 4 aromatic rings. The van der Waals surface area contributed by atoms with E-state index in [0.717, 1.165) is 59.5 Å². The number of aromatic amines is 1. The van der Waals surface area contributed by atoms with Gasteiger partial charge in [-0.3, -0.25) is 0 Å². The Balaban J connectivity index is 1.42. The highest BCUT2D eigenvalue weighted by molar-refractivity contribution is 5.94. The third-order valence-corrected chi connectivity index (χ3v) is 6.64. The quantitative estimate of drug-likeness (QED) is 0.356. The molecule has 7 heteroatoms. The fraction of sp³-hybridized carbons (Fsp3) is 0.259. The van der Waals surface area contributed by atoms with Crippen LogP contribution < -0.4 is 5.32 Å². The number of nitrogens with one attached hydrogen (secondary N) is 2. The number of aromatic carboxylic acids is 1. The Kier molecular flexibility index (Phi) is 6.02. The van der Waals surface area contributed by atoms with Crippen molar-refractivity contribution in [3.05, 3.63) is 83.4 Å². The number of fused-ring (bicyclic) bond motifs is 1. The number of hydrogen-bond acceptors (Lipinski definition) is 4. The van der Waals surface area contributed by atoms with E-state index >= 15 is 0 Å². The average molecular weight is 459 g/mol. The molecule has 0 amide bonds. The Morgan fingerprint density at radius 2 is 1.97 bits per heavy atom. The summed E-state index contributed by atoms with van der Waals surface area (Å²) in [5.74, 6) is -0.802. The Morgan fingerprint density at radius 1 is 1.15 bits per heavy atom. The predicted octanol–water partition coefficient (Wildman–Crippen LogP) is 5.49. The van der Waals surface area contributed by atoms with Gasteiger partial charge in [0.15, 0.2) is 0 Å². The Hall–Kier alpha value is -3.71. The Bertz CT molecular complexity index is 1340. The first-order chi connectivity index (χ1) is 16.5. The molecule has 0 radical (unpaired) electrons. The molecule has 0 atom stereocenters. The van der Waals surface area contributed by atoms with E-state index in [0.29, 0.717) is 18.0 Å². The number of anilines is 1. The van der Waals surface area contributed by atoms with Gasteiger partial charge in [-0.15, -0.1) is 0 Å². The van der Waals surface area contributed by atoms with Crippen molar-refractivity contribution < 1.29 is 14.3 Å². The van der Waals surface area contributed by atoms with Gasteiger partial charge in [-0.1, -0.05) is 12.1 Å². The first-order valence-electron chi connectivity index (χ1n) is 11.5. The van der Waals surface area contributed by atoms with Gasteiger partial charge < -0.3 is 20.3 Å². The molecule has 0 spiro atoms. The van der Waals surface area contributed by atoms with Crippen LogP contribution in [0.3, 0.4) is 0 Å². The minimum atomic E-state index is -0.959. The highest BCUT2D eigenvalue weighted by Crippen LogP contribution is 2.35. The van der Waals surface area contributed by atoms with Gasteiger partial charge in [0.05, 0.1) is 5.56 Å². The maximum absolute atomic E-state index is 15.0. The number of nitrogens with zero attached hydrogens (tertiary/aromatic N) is 2. The number of piperidine rings is 1. The van der Waals surface area contributed by atoms with Crippen molar-refractivity contribution in [1.29, 1.82) is 0 Å². The first kappa shape index (κ1) is 22.1. The number of aromatic nitrogens is 2. The predicted molar refractivity (Wildman–Crippen MR) is 132 cm³/mol. The van der Waals surface area contributed by atoms with E-state index in [1.54, 1.807) is 36.5 Å². The molecule has 1 fully saturated rings. The van der Waals surface area contributed by atoms with Gasteiger partial charge in [-0.05, 0) is 86.6 Å². The second-order valence-electron chi connectivity index (χ2n) is 8.98. The summed E-state index contributed by atoms with van der Waals surface area (Å²) in [6.45, 7) is 2.57. The maximum Gasteiger partial charge on any atom is 0.335 e. The number of rotatable bonds is 6. The SMILES string of the molecule is CN1CCC(c2cc3c(-c4cc(NCc5cccc(C(=O)O)c5)ccc4F)ccnc3[nH]2)CC1. The van der Waals surface area contributed by atoms with Gasteiger partial charge in [0.1, 0.15) is 11.5 Å². The summed E-state index contributed by atoms with van der Waals surface area (Å²) >= 11 is 0. The van der Waals surface area contributed by atoms with E-state index in [-0.39, 0.29) is 11.4 Å². The van der Waals surface area contributed by atoms with Crippen LogP contribution in [-0.4, -0.2) is 46.1 Å². The lowest BCUT2D eigenvalue weighted by Crippen LogP contribution is -2.29. The van der Waals surface area contributed by atoms with E-state index < -0.39 is 5.97 Å². The van der Waals surface area contributed by atoms with Gasteiger partial charge in [-0.2, -0.15) is 0 Å². The molecule has 0 aliphatic carbocycles. The standard InChI is InChI=1S/C27H27FN4O2/c1-32-11-8-18(9-12-32)25-15-23-21(7-10-29-26(23)31-25)22-14-20(5-6-24(22)28)30-16-17-3-2-4-19(13-17)27(33)34/h2-7,10,13-15,18,30H,8-9,11-12,16H2,1H3,(H,29,31)(H,33,34). The van der Waals surface area contributed by atoms with Crippen LogP contribution in [0, 0.1) is 5.82 Å². The minimum absolute atomic E-state index is 0.242. The third-order valence-electron chi connectivity index (χ3n) is 6.64. The number of halogens is 1. The van der Waals surface area contributed by atoms with Crippen molar-refractivity contribution in [2.24, 2.45) is 0 Å². The highest BCUT2D eigenvalue weighted by atomic mass is 19.1. The van der Waals surface area contributed by atoms with Crippen molar-refractivity contribution >= 4 is 22.7 Å². The molecule has 3 N–H and O–H groups in total. The van der Waals surface area contributed by atoms with Crippen LogP contribution in [0.1, 0.15) is 40.4 Å². The molecular formula is C27H27FN4O2. The highest BCUT2D eigenvalue weighted by Gasteiger charge is 2.21. The summed E-state index contributed by atoms with van der Waals surface area (Å²) in [6, 6.07) is 15.7. The summed E-state index contributed by atoms with van der Waals surface area (Å²) < 4.78 is 15.0. The van der Waals surface area contributed by atoms with Crippen LogP contribution in [0.5, 0.6) is 0 Å². The Labute approximate surface area is 197 Å². The summed E-state index contributed by atoms with van der Waals surface area (Å²) in [5.41, 5.74) is 5.08.